The summed E-state index contributed by atoms with van der Waals surface area (Å²) in [6.07, 6.45) is 3.61. The zero-order chi connectivity index (χ0) is 24.0. The number of hydrogen-bond donors (Lipinski definition) is 1. The smallest absolute Gasteiger partial charge is 0.370 e. The number of rotatable bonds is 7. The molecule has 34 heavy (non-hydrogen) atoms. The van der Waals surface area contributed by atoms with Crippen molar-refractivity contribution in [1.82, 2.24) is 0 Å². The highest BCUT2D eigenvalue weighted by molar-refractivity contribution is 8.03. The number of furan rings is 1. The Morgan fingerprint density at radius 3 is 2.85 bits per heavy atom. The predicted molar refractivity (Wildman–Crippen MR) is 131 cm³/mol. The first kappa shape index (κ1) is 23.2. The summed E-state index contributed by atoms with van der Waals surface area (Å²) in [5, 5.41) is 12.5. The molecule has 0 spiro atoms. The number of carbonyl (C=O) groups is 1. The van der Waals surface area contributed by atoms with Crippen LogP contribution >= 0.6 is 34.7 Å². The van der Waals surface area contributed by atoms with Crippen molar-refractivity contribution in [3.63, 3.8) is 0 Å². The van der Waals surface area contributed by atoms with Gasteiger partial charge in [0.15, 0.2) is 0 Å². The van der Waals surface area contributed by atoms with Crippen LogP contribution in [0.15, 0.2) is 57.0 Å². The predicted octanol–water partition coefficient (Wildman–Crippen LogP) is 4.52. The maximum atomic E-state index is 11.7. The Morgan fingerprint density at radius 1 is 1.26 bits per heavy atom. The quantitative estimate of drug-likeness (QED) is 0.271. The summed E-state index contributed by atoms with van der Waals surface area (Å²) in [6, 6.07) is 11.0. The van der Waals surface area contributed by atoms with Gasteiger partial charge in [0.1, 0.15) is 10.3 Å². The lowest BCUT2D eigenvalue weighted by Gasteiger charge is -2.20. The van der Waals surface area contributed by atoms with Gasteiger partial charge in [-0.1, -0.05) is 34.7 Å². The Bertz CT molecular complexity index is 1570. The zero-order valence-electron chi connectivity index (χ0n) is 17.4. The first-order valence-corrected chi connectivity index (χ1v) is 13.7. The molecule has 0 bridgehead atoms. The monoisotopic (exact) mass is 536 g/mol. The number of aliphatic carboxylic acids is 1. The number of benzene rings is 2. The van der Waals surface area contributed by atoms with Gasteiger partial charge >= 0.3 is 5.97 Å². The summed E-state index contributed by atoms with van der Waals surface area (Å²) >= 11 is 9.14. The lowest BCUT2D eigenvalue weighted by Crippen LogP contribution is -2.39. The highest BCUT2D eigenvalue weighted by Crippen LogP contribution is 2.48. The number of anilines is 1. The van der Waals surface area contributed by atoms with Gasteiger partial charge < -0.3 is 19.0 Å². The minimum atomic E-state index is -4.34. The van der Waals surface area contributed by atoms with Crippen molar-refractivity contribution in [2.75, 3.05) is 17.2 Å². The van der Waals surface area contributed by atoms with E-state index in [2.05, 4.69) is 0 Å². The van der Waals surface area contributed by atoms with Gasteiger partial charge in [0, 0.05) is 22.2 Å². The van der Waals surface area contributed by atoms with E-state index in [0.29, 0.717) is 22.2 Å². The van der Waals surface area contributed by atoms with Gasteiger partial charge in [0.2, 0.25) is 12.1 Å². The summed E-state index contributed by atoms with van der Waals surface area (Å²) in [5.41, 5.74) is 2.26. The molecule has 0 fully saturated rings. The molecule has 0 saturated heterocycles. The number of thioether (sulfide) groups is 1. The summed E-state index contributed by atoms with van der Waals surface area (Å²) in [5.74, 6) is -1.45. The molecular weight excluding hydrogens is 520 g/mol. The molecule has 12 heteroatoms. The highest BCUT2D eigenvalue weighted by Gasteiger charge is 2.30. The Labute approximate surface area is 207 Å². The molecule has 0 atom stereocenters. The molecule has 0 radical (unpaired) electrons. The van der Waals surface area contributed by atoms with E-state index in [1.165, 1.54) is 23.1 Å². The number of fused-ring (bicyclic) bond motifs is 4. The second kappa shape index (κ2) is 8.90. The maximum absolute atomic E-state index is 11.7. The van der Waals surface area contributed by atoms with Crippen molar-refractivity contribution >= 4 is 83.7 Å². The number of carboxylic acid groups (broad SMARTS) is 1. The second-order valence-corrected chi connectivity index (χ2v) is 11.7. The van der Waals surface area contributed by atoms with Crippen molar-refractivity contribution < 1.29 is 31.9 Å². The van der Waals surface area contributed by atoms with Crippen molar-refractivity contribution in [2.45, 2.75) is 17.9 Å². The average molecular weight is 537 g/mol. The fourth-order valence-corrected chi connectivity index (χ4v) is 6.91. The van der Waals surface area contributed by atoms with Crippen LogP contribution in [0.3, 0.4) is 0 Å². The normalized spacial score (nSPS) is 15.0. The van der Waals surface area contributed by atoms with Crippen LogP contribution < -0.4 is 9.47 Å². The number of thiazole rings is 1. The minimum absolute atomic E-state index is 0.146. The van der Waals surface area contributed by atoms with Gasteiger partial charge in [0.05, 0.1) is 38.6 Å². The minimum Gasteiger partial charge on any atom is -0.748 e. The standard InChI is InChI=1S/C22H17ClN2O6S3/c23-13-2-4-17-15(10-13)24(7-1-9-34(28,29)30)19(32-17)11-20-25(12-21(26)27)22-14-6-8-31-16(14)3-5-18(22)33-20/h2-6,8,10-11H,1,7,9,12H2,(H-,26,27,28,29,30). The van der Waals surface area contributed by atoms with Gasteiger partial charge in [0.25, 0.3) is 5.01 Å². The van der Waals surface area contributed by atoms with Gasteiger partial charge in [-0.3, -0.25) is 0 Å². The van der Waals surface area contributed by atoms with E-state index in [0.717, 1.165) is 31.2 Å². The topological polar surface area (TPSA) is 115 Å². The Morgan fingerprint density at radius 2 is 2.09 bits per heavy atom. The van der Waals surface area contributed by atoms with Crippen LogP contribution in [0, 0.1) is 0 Å². The lowest BCUT2D eigenvalue weighted by atomic mass is 10.2. The number of hydrogen-bond acceptors (Lipinski definition) is 8. The third-order valence-corrected chi connectivity index (χ3v) is 8.56. The summed E-state index contributed by atoms with van der Waals surface area (Å²) in [6.45, 7) is 0.0602. The van der Waals surface area contributed by atoms with Crippen molar-refractivity contribution in [2.24, 2.45) is 0 Å². The lowest BCUT2D eigenvalue weighted by molar-refractivity contribution is -0.656. The molecule has 0 saturated carbocycles. The molecule has 176 valence electrons. The van der Waals surface area contributed by atoms with E-state index in [4.69, 9.17) is 16.0 Å². The van der Waals surface area contributed by atoms with E-state index in [-0.39, 0.29) is 13.0 Å². The highest BCUT2D eigenvalue weighted by atomic mass is 35.5. The van der Waals surface area contributed by atoms with Crippen LogP contribution in [0.4, 0.5) is 5.69 Å². The largest absolute Gasteiger partial charge is 0.748 e. The molecule has 1 aliphatic heterocycles. The van der Waals surface area contributed by atoms with Gasteiger partial charge in [-0.05, 0) is 42.8 Å². The van der Waals surface area contributed by atoms with Gasteiger partial charge in [-0.25, -0.2) is 13.2 Å². The molecule has 1 aliphatic rings. The molecule has 2 aromatic carbocycles. The van der Waals surface area contributed by atoms with Crippen molar-refractivity contribution in [3.8, 4) is 0 Å². The van der Waals surface area contributed by atoms with E-state index in [1.807, 2.05) is 35.2 Å². The molecule has 5 rings (SSSR count). The van der Waals surface area contributed by atoms with Crippen LogP contribution in [-0.2, 0) is 21.5 Å². The molecule has 0 amide bonds. The summed E-state index contributed by atoms with van der Waals surface area (Å²) in [7, 11) is -4.34. The van der Waals surface area contributed by atoms with Crippen LogP contribution in [0.1, 0.15) is 11.4 Å². The Balaban J connectivity index is 1.62. The average Bonchev–Trinajstić information content (AvgIpc) is 3.43. The van der Waals surface area contributed by atoms with E-state index in [1.54, 1.807) is 23.0 Å². The molecule has 8 nitrogen and oxygen atoms in total. The van der Waals surface area contributed by atoms with Crippen LogP contribution in [-0.4, -0.2) is 36.3 Å². The van der Waals surface area contributed by atoms with Crippen molar-refractivity contribution in [1.29, 1.82) is 0 Å². The molecule has 0 aliphatic carbocycles. The van der Waals surface area contributed by atoms with E-state index >= 15 is 0 Å². The van der Waals surface area contributed by atoms with Crippen LogP contribution in [0.25, 0.3) is 27.3 Å². The zero-order valence-corrected chi connectivity index (χ0v) is 20.6. The van der Waals surface area contributed by atoms with Crippen LogP contribution in [0.2, 0.25) is 5.02 Å². The fraction of sp³-hybridized carbons (Fsp3) is 0.182. The first-order valence-electron chi connectivity index (χ1n) is 10.1. The Kier molecular flexibility index (Phi) is 6.07. The van der Waals surface area contributed by atoms with Crippen molar-refractivity contribution in [3.05, 3.63) is 57.7 Å². The number of halogens is 1. The fourth-order valence-electron chi connectivity index (χ4n) is 3.96. The van der Waals surface area contributed by atoms with Gasteiger partial charge in [-0.2, -0.15) is 4.57 Å². The SMILES string of the molecule is O=C(O)C[n+]1c(/C=C2\Sc3ccc(Cl)cc3N2CCCS(=O)(=O)[O-])sc2ccc3occc3c21. The third-order valence-electron chi connectivity index (χ3n) is 5.33. The van der Waals surface area contributed by atoms with Crippen LogP contribution in [0.5, 0.6) is 0 Å². The summed E-state index contributed by atoms with van der Waals surface area (Å²) in [4.78, 5) is 14.6. The maximum Gasteiger partial charge on any atom is 0.370 e. The molecule has 0 unspecified atom stereocenters. The summed E-state index contributed by atoms with van der Waals surface area (Å²) < 4.78 is 41.5. The molecule has 2 aromatic heterocycles. The number of nitrogens with zero attached hydrogens (tertiary/aromatic N) is 2. The molecular formula is C22H17ClN2O6S3. The molecule has 4 aromatic rings. The molecule has 3 heterocycles. The number of carboxylic acids is 1. The number of aromatic nitrogens is 1. The van der Waals surface area contributed by atoms with E-state index < -0.39 is 21.8 Å². The first-order chi connectivity index (χ1) is 16.2. The van der Waals surface area contributed by atoms with Gasteiger partial charge in [-0.15, -0.1) is 0 Å². The molecule has 1 N–H and O–H groups in total. The third kappa shape index (κ3) is 4.53. The Hall–Kier alpha value is -2.57. The second-order valence-electron chi connectivity index (χ2n) is 7.63. The van der Waals surface area contributed by atoms with E-state index in [9.17, 15) is 22.9 Å².